The molecule has 2 aromatic heterocycles. The summed E-state index contributed by atoms with van der Waals surface area (Å²) in [5.41, 5.74) is 3.21. The highest BCUT2D eigenvalue weighted by Gasteiger charge is 2.26. The SMILES string of the molecule is CCc1ccc(-n2nc(-c3ccoc3)nc2C(CC)OC2CCCC2)cc1. The summed E-state index contributed by atoms with van der Waals surface area (Å²) in [4.78, 5) is 4.85. The van der Waals surface area contributed by atoms with E-state index in [4.69, 9.17) is 19.2 Å². The summed E-state index contributed by atoms with van der Waals surface area (Å²) in [6.45, 7) is 4.31. The number of furan rings is 1. The van der Waals surface area contributed by atoms with Gasteiger partial charge in [0.05, 0.1) is 23.6 Å². The molecule has 0 amide bonds. The number of benzene rings is 1. The van der Waals surface area contributed by atoms with Crippen LogP contribution < -0.4 is 0 Å². The van der Waals surface area contributed by atoms with E-state index in [1.165, 1.54) is 18.4 Å². The summed E-state index contributed by atoms with van der Waals surface area (Å²) >= 11 is 0. The van der Waals surface area contributed by atoms with Gasteiger partial charge >= 0.3 is 0 Å². The largest absolute Gasteiger partial charge is 0.472 e. The predicted octanol–water partition coefficient (Wildman–Crippen LogP) is 5.50. The Morgan fingerprint density at radius 2 is 1.93 bits per heavy atom. The molecular formula is C22H27N3O2. The van der Waals surface area contributed by atoms with Gasteiger partial charge in [-0.3, -0.25) is 0 Å². The summed E-state index contributed by atoms with van der Waals surface area (Å²) < 4.78 is 13.6. The summed E-state index contributed by atoms with van der Waals surface area (Å²) in [6.07, 6.45) is 10.3. The number of rotatable bonds is 7. The molecule has 0 bridgehead atoms. The second-order valence-corrected chi connectivity index (χ2v) is 7.18. The first kappa shape index (κ1) is 18.0. The molecule has 1 unspecified atom stereocenters. The molecule has 1 aromatic carbocycles. The van der Waals surface area contributed by atoms with E-state index in [-0.39, 0.29) is 6.10 Å². The van der Waals surface area contributed by atoms with Crippen LogP contribution in [0, 0.1) is 0 Å². The first-order chi connectivity index (χ1) is 13.3. The number of aryl methyl sites for hydroxylation is 1. The van der Waals surface area contributed by atoms with Crippen LogP contribution in [0.15, 0.2) is 47.3 Å². The standard InChI is InChI=1S/C22H27N3O2/c1-3-16-9-11-18(12-10-16)25-22(20(4-2)27-19-7-5-6-8-19)23-21(24-25)17-13-14-26-15-17/h9-15,19-20H,3-8H2,1-2H3. The lowest BCUT2D eigenvalue weighted by molar-refractivity contribution is -0.0170. The monoisotopic (exact) mass is 365 g/mol. The van der Waals surface area contributed by atoms with Crippen molar-refractivity contribution in [1.82, 2.24) is 14.8 Å². The first-order valence-corrected chi connectivity index (χ1v) is 10.0. The van der Waals surface area contributed by atoms with Crippen LogP contribution in [-0.2, 0) is 11.2 Å². The quantitative estimate of drug-likeness (QED) is 0.555. The Morgan fingerprint density at radius 1 is 1.15 bits per heavy atom. The van der Waals surface area contributed by atoms with Crippen molar-refractivity contribution in [2.24, 2.45) is 0 Å². The third-order valence-electron chi connectivity index (χ3n) is 5.32. The Hall–Kier alpha value is -2.40. The number of hydrogen-bond donors (Lipinski definition) is 0. The van der Waals surface area contributed by atoms with Crippen LogP contribution in [0.5, 0.6) is 0 Å². The van der Waals surface area contributed by atoms with Crippen molar-refractivity contribution >= 4 is 0 Å². The van der Waals surface area contributed by atoms with E-state index in [2.05, 4.69) is 38.1 Å². The molecular weight excluding hydrogens is 338 g/mol. The van der Waals surface area contributed by atoms with Crippen molar-refractivity contribution in [3.8, 4) is 17.1 Å². The van der Waals surface area contributed by atoms with Gasteiger partial charge in [-0.1, -0.05) is 38.8 Å². The minimum atomic E-state index is -0.0629. The molecule has 142 valence electrons. The van der Waals surface area contributed by atoms with Crippen LogP contribution in [0.25, 0.3) is 17.1 Å². The van der Waals surface area contributed by atoms with Gasteiger partial charge in [0.1, 0.15) is 12.4 Å². The smallest absolute Gasteiger partial charge is 0.185 e. The minimum Gasteiger partial charge on any atom is -0.472 e. The molecule has 0 saturated heterocycles. The molecule has 2 heterocycles. The highest BCUT2D eigenvalue weighted by atomic mass is 16.5. The Morgan fingerprint density at radius 3 is 2.56 bits per heavy atom. The average molecular weight is 365 g/mol. The van der Waals surface area contributed by atoms with Crippen molar-refractivity contribution in [1.29, 1.82) is 0 Å². The molecule has 3 aromatic rings. The van der Waals surface area contributed by atoms with Gasteiger partial charge in [-0.25, -0.2) is 9.67 Å². The molecule has 5 heteroatoms. The fraction of sp³-hybridized carbons (Fsp3) is 0.455. The molecule has 0 spiro atoms. The molecule has 4 rings (SSSR count). The lowest BCUT2D eigenvalue weighted by atomic mass is 10.1. The second kappa shape index (κ2) is 8.09. The van der Waals surface area contributed by atoms with Gasteiger partial charge in [-0.15, -0.1) is 5.10 Å². The van der Waals surface area contributed by atoms with Gasteiger partial charge in [-0.05, 0) is 49.4 Å². The summed E-state index contributed by atoms with van der Waals surface area (Å²) in [7, 11) is 0. The normalized spacial score (nSPS) is 16.1. The van der Waals surface area contributed by atoms with Crippen molar-refractivity contribution < 1.29 is 9.15 Å². The van der Waals surface area contributed by atoms with E-state index < -0.39 is 0 Å². The van der Waals surface area contributed by atoms with E-state index in [0.29, 0.717) is 11.9 Å². The number of nitrogens with zero attached hydrogens (tertiary/aromatic N) is 3. The van der Waals surface area contributed by atoms with Crippen LogP contribution in [0.4, 0.5) is 0 Å². The van der Waals surface area contributed by atoms with Crippen LogP contribution in [0.3, 0.4) is 0 Å². The molecule has 27 heavy (non-hydrogen) atoms. The molecule has 5 nitrogen and oxygen atoms in total. The molecule has 0 aliphatic heterocycles. The topological polar surface area (TPSA) is 53.1 Å². The summed E-state index contributed by atoms with van der Waals surface area (Å²) in [6, 6.07) is 10.4. The fourth-order valence-corrected chi connectivity index (χ4v) is 3.71. The lowest BCUT2D eigenvalue weighted by Gasteiger charge is -2.20. The van der Waals surface area contributed by atoms with Crippen LogP contribution >= 0.6 is 0 Å². The first-order valence-electron chi connectivity index (χ1n) is 10.0. The van der Waals surface area contributed by atoms with E-state index in [9.17, 15) is 0 Å². The number of hydrogen-bond acceptors (Lipinski definition) is 4. The molecule has 1 aliphatic carbocycles. The molecule has 0 radical (unpaired) electrons. The van der Waals surface area contributed by atoms with Crippen molar-refractivity contribution in [3.63, 3.8) is 0 Å². The van der Waals surface area contributed by atoms with Gasteiger partial charge in [0, 0.05) is 0 Å². The predicted molar refractivity (Wildman–Crippen MR) is 105 cm³/mol. The summed E-state index contributed by atoms with van der Waals surface area (Å²) in [5, 5.41) is 4.79. The van der Waals surface area contributed by atoms with Gasteiger partial charge in [-0.2, -0.15) is 0 Å². The lowest BCUT2D eigenvalue weighted by Crippen LogP contribution is -2.17. The average Bonchev–Trinajstić information content (AvgIpc) is 3.47. The Balaban J connectivity index is 1.72. The molecule has 1 saturated carbocycles. The van der Waals surface area contributed by atoms with Gasteiger partial charge in [0.15, 0.2) is 11.6 Å². The third kappa shape index (κ3) is 3.83. The molecule has 1 atom stereocenters. The Bertz CT molecular complexity index is 846. The maximum atomic E-state index is 6.44. The second-order valence-electron chi connectivity index (χ2n) is 7.18. The van der Waals surface area contributed by atoms with Crippen molar-refractivity contribution in [3.05, 3.63) is 54.2 Å². The van der Waals surface area contributed by atoms with Crippen molar-refractivity contribution in [2.75, 3.05) is 0 Å². The van der Waals surface area contributed by atoms with Gasteiger partial charge in [0.2, 0.25) is 0 Å². The van der Waals surface area contributed by atoms with E-state index >= 15 is 0 Å². The molecule has 1 fully saturated rings. The molecule has 0 N–H and O–H groups in total. The highest BCUT2D eigenvalue weighted by Crippen LogP contribution is 2.31. The van der Waals surface area contributed by atoms with Gasteiger partial charge in [0.25, 0.3) is 0 Å². The van der Waals surface area contributed by atoms with Crippen LogP contribution in [-0.4, -0.2) is 20.9 Å². The summed E-state index contributed by atoms with van der Waals surface area (Å²) in [5.74, 6) is 1.54. The van der Waals surface area contributed by atoms with E-state index in [1.54, 1.807) is 12.5 Å². The van der Waals surface area contributed by atoms with Crippen LogP contribution in [0.2, 0.25) is 0 Å². The zero-order valence-electron chi connectivity index (χ0n) is 16.1. The number of ether oxygens (including phenoxy) is 1. The Kier molecular flexibility index (Phi) is 5.39. The zero-order valence-corrected chi connectivity index (χ0v) is 16.1. The number of aromatic nitrogens is 3. The van der Waals surface area contributed by atoms with Crippen molar-refractivity contribution in [2.45, 2.75) is 64.6 Å². The minimum absolute atomic E-state index is 0.0629. The third-order valence-corrected chi connectivity index (χ3v) is 5.32. The maximum absolute atomic E-state index is 6.44. The Labute approximate surface area is 160 Å². The van der Waals surface area contributed by atoms with Gasteiger partial charge < -0.3 is 9.15 Å². The zero-order chi connectivity index (χ0) is 18.6. The van der Waals surface area contributed by atoms with E-state index in [1.807, 2.05) is 10.7 Å². The maximum Gasteiger partial charge on any atom is 0.185 e. The highest BCUT2D eigenvalue weighted by molar-refractivity contribution is 5.53. The fourth-order valence-electron chi connectivity index (χ4n) is 3.71. The van der Waals surface area contributed by atoms with E-state index in [0.717, 1.165) is 42.8 Å². The molecule has 1 aliphatic rings. The van der Waals surface area contributed by atoms with Crippen LogP contribution in [0.1, 0.15) is 63.4 Å².